The highest BCUT2D eigenvalue weighted by molar-refractivity contribution is 8.10. The Hall–Kier alpha value is -2.46. The highest BCUT2D eigenvalue weighted by Crippen LogP contribution is 2.41. The van der Waals surface area contributed by atoms with Gasteiger partial charge in [-0.3, -0.25) is 0 Å². The highest BCUT2D eigenvalue weighted by atomic mass is 32.3. The van der Waals surface area contributed by atoms with Crippen molar-refractivity contribution in [3.05, 3.63) is 60.7 Å². The molecule has 0 heterocycles. The summed E-state index contributed by atoms with van der Waals surface area (Å²) in [5, 5.41) is 2.57. The van der Waals surface area contributed by atoms with E-state index in [0.717, 1.165) is 24.3 Å². The van der Waals surface area contributed by atoms with Crippen LogP contribution in [0.15, 0.2) is 70.5 Å². The fourth-order valence-electron chi connectivity index (χ4n) is 3.37. The van der Waals surface area contributed by atoms with E-state index in [0.29, 0.717) is 0 Å². The molecule has 0 aromatic heterocycles. The van der Waals surface area contributed by atoms with E-state index in [2.05, 4.69) is 5.32 Å². The number of alkyl carbamates (subject to hydrolysis) is 1. The van der Waals surface area contributed by atoms with Crippen molar-refractivity contribution >= 4 is 25.8 Å². The maximum Gasteiger partial charge on any atom is 0.407 e. The molecule has 0 radical (unpaired) electrons. The van der Waals surface area contributed by atoms with Crippen LogP contribution in [0.5, 0.6) is 0 Å². The second-order valence-corrected chi connectivity index (χ2v) is 14.0. The van der Waals surface area contributed by atoms with Crippen molar-refractivity contribution in [3.63, 3.8) is 0 Å². The Labute approximate surface area is 201 Å². The first-order valence-electron chi connectivity index (χ1n) is 10.9. The summed E-state index contributed by atoms with van der Waals surface area (Å²) in [7, 11) is -10.1. The fraction of sp³-hybridized carbons (Fsp3) is 0.458. The number of hydrogen-bond acceptors (Lipinski definition) is 6. The van der Waals surface area contributed by atoms with Gasteiger partial charge in [0.2, 0.25) is 19.7 Å². The van der Waals surface area contributed by atoms with Crippen LogP contribution in [0.4, 0.5) is 9.18 Å². The van der Waals surface area contributed by atoms with E-state index >= 15 is 4.39 Å². The van der Waals surface area contributed by atoms with Crippen LogP contribution < -0.4 is 5.32 Å². The first-order valence-corrected chi connectivity index (χ1v) is 13.8. The summed E-state index contributed by atoms with van der Waals surface area (Å²) in [6, 6.07) is 13.1. The lowest BCUT2D eigenvalue weighted by molar-refractivity contribution is 0.0627. The van der Waals surface area contributed by atoms with E-state index in [1.54, 1.807) is 34.6 Å². The standard InChI is InChI=1S/C24H32FNO6S2/c1-18(2)16-19(32-22(27)26-23(3,4)5)17-24(25,33(28,29)20-12-8-6-9-13-20)34(30,31)21-14-10-7-11-15-21/h6-15,18-19H,16-17H2,1-5H3,(H,26,27)/t19-/m0/s1. The Morgan fingerprint density at radius 2 is 1.29 bits per heavy atom. The largest absolute Gasteiger partial charge is 0.446 e. The van der Waals surface area contributed by atoms with Gasteiger partial charge in [-0.2, -0.15) is 0 Å². The fourth-order valence-corrected chi connectivity index (χ4v) is 7.65. The Bertz CT molecular complexity index is 1110. The molecule has 188 valence electrons. The van der Waals surface area contributed by atoms with Crippen molar-refractivity contribution in [2.24, 2.45) is 5.92 Å². The van der Waals surface area contributed by atoms with Gasteiger partial charge in [-0.1, -0.05) is 50.2 Å². The molecule has 1 N–H and O–H groups in total. The van der Waals surface area contributed by atoms with Crippen molar-refractivity contribution < 1.29 is 30.8 Å². The molecular formula is C24H32FNO6S2. The third-order valence-electron chi connectivity index (χ3n) is 4.87. The van der Waals surface area contributed by atoms with Crippen molar-refractivity contribution in [1.82, 2.24) is 5.32 Å². The monoisotopic (exact) mass is 513 g/mol. The molecule has 0 spiro atoms. The molecule has 0 saturated heterocycles. The molecule has 0 unspecified atom stereocenters. The van der Waals surface area contributed by atoms with Crippen molar-refractivity contribution in [2.75, 3.05) is 0 Å². The zero-order valence-electron chi connectivity index (χ0n) is 20.0. The first kappa shape index (κ1) is 27.8. The predicted octanol–water partition coefficient (Wildman–Crippen LogP) is 4.89. The van der Waals surface area contributed by atoms with Crippen LogP contribution in [0.1, 0.15) is 47.5 Å². The molecule has 1 atom stereocenters. The summed E-state index contributed by atoms with van der Waals surface area (Å²) in [6.07, 6.45) is -3.26. The number of nitrogens with one attached hydrogen (secondary N) is 1. The number of alkyl halides is 1. The van der Waals surface area contributed by atoms with Crippen LogP contribution in [-0.4, -0.2) is 38.9 Å². The van der Waals surface area contributed by atoms with Crippen LogP contribution in [0.2, 0.25) is 0 Å². The van der Waals surface area contributed by atoms with Gasteiger partial charge in [0.05, 0.1) is 9.79 Å². The van der Waals surface area contributed by atoms with Crippen molar-refractivity contribution in [2.45, 2.75) is 73.2 Å². The smallest absolute Gasteiger partial charge is 0.407 e. The van der Waals surface area contributed by atoms with E-state index in [9.17, 15) is 21.6 Å². The van der Waals surface area contributed by atoms with Gasteiger partial charge in [0, 0.05) is 12.0 Å². The topological polar surface area (TPSA) is 107 Å². The zero-order valence-corrected chi connectivity index (χ0v) is 21.6. The SMILES string of the molecule is CC(C)C[C@@H](CC(F)(S(=O)(=O)c1ccccc1)S(=O)(=O)c1ccccc1)OC(=O)NC(C)(C)C. The number of benzene rings is 2. The summed E-state index contributed by atoms with van der Waals surface area (Å²) < 4.78 is 72.4. The van der Waals surface area contributed by atoms with Crippen molar-refractivity contribution in [1.29, 1.82) is 0 Å². The number of rotatable bonds is 9. The van der Waals surface area contributed by atoms with E-state index < -0.39 is 58.0 Å². The molecule has 34 heavy (non-hydrogen) atoms. The molecule has 2 aromatic carbocycles. The van der Waals surface area contributed by atoms with Crippen LogP contribution >= 0.6 is 0 Å². The molecular weight excluding hydrogens is 481 g/mol. The summed E-state index contributed by atoms with van der Waals surface area (Å²) in [5.41, 5.74) is -0.668. The molecule has 0 saturated carbocycles. The zero-order chi connectivity index (χ0) is 25.8. The third kappa shape index (κ3) is 6.35. The summed E-state index contributed by atoms with van der Waals surface area (Å²) in [4.78, 5) is 11.4. The minimum absolute atomic E-state index is 0.0534. The summed E-state index contributed by atoms with van der Waals surface area (Å²) >= 11 is 0. The number of hydrogen-bond donors (Lipinski definition) is 1. The number of carbonyl (C=O) groups is 1. The van der Waals surface area contributed by atoms with Gasteiger partial charge in [-0.05, 0) is 57.4 Å². The average molecular weight is 514 g/mol. The average Bonchev–Trinajstić information content (AvgIpc) is 2.72. The van der Waals surface area contributed by atoms with E-state index in [1.807, 2.05) is 0 Å². The normalized spacial score (nSPS) is 14.0. The number of halogens is 1. The number of carbonyl (C=O) groups excluding carboxylic acids is 1. The van der Waals surface area contributed by atoms with Crippen LogP contribution in [0.25, 0.3) is 0 Å². The van der Waals surface area contributed by atoms with Gasteiger partial charge in [-0.25, -0.2) is 26.0 Å². The second kappa shape index (κ2) is 10.4. The third-order valence-corrected chi connectivity index (χ3v) is 9.91. The molecule has 0 fully saturated rings. The number of sulfone groups is 2. The molecule has 2 rings (SSSR count). The lowest BCUT2D eigenvalue weighted by atomic mass is 10.0. The van der Waals surface area contributed by atoms with Gasteiger partial charge >= 0.3 is 10.4 Å². The van der Waals surface area contributed by atoms with Gasteiger partial charge in [0.15, 0.2) is 0 Å². The number of amides is 1. The number of ether oxygens (including phenoxy) is 1. The molecule has 0 aliphatic rings. The molecule has 0 aliphatic heterocycles. The van der Waals surface area contributed by atoms with Gasteiger partial charge in [0.25, 0.3) is 0 Å². The maximum absolute atomic E-state index is 16.8. The molecule has 7 nitrogen and oxygen atoms in total. The second-order valence-electron chi connectivity index (χ2n) is 9.53. The highest BCUT2D eigenvalue weighted by Gasteiger charge is 2.58. The van der Waals surface area contributed by atoms with Crippen molar-refractivity contribution in [3.8, 4) is 0 Å². The van der Waals surface area contributed by atoms with Gasteiger partial charge in [-0.15, -0.1) is 0 Å². The Morgan fingerprint density at radius 3 is 1.65 bits per heavy atom. The lowest BCUT2D eigenvalue weighted by Crippen LogP contribution is -2.47. The summed E-state index contributed by atoms with van der Waals surface area (Å²) in [5.74, 6) is -0.143. The lowest BCUT2D eigenvalue weighted by Gasteiger charge is -2.31. The minimum atomic E-state index is -5.07. The van der Waals surface area contributed by atoms with Crippen LogP contribution in [0.3, 0.4) is 0 Å². The van der Waals surface area contributed by atoms with E-state index in [1.165, 1.54) is 36.4 Å². The van der Waals surface area contributed by atoms with E-state index in [-0.39, 0.29) is 12.3 Å². The minimum Gasteiger partial charge on any atom is -0.446 e. The Kier molecular flexibility index (Phi) is 8.53. The quantitative estimate of drug-likeness (QED) is 0.512. The van der Waals surface area contributed by atoms with Gasteiger partial charge in [0.1, 0.15) is 6.10 Å². The molecule has 1 amide bonds. The first-order chi connectivity index (χ1) is 15.6. The Morgan fingerprint density at radius 1 is 0.882 bits per heavy atom. The molecule has 0 aliphatic carbocycles. The molecule has 10 heteroatoms. The molecule has 0 bridgehead atoms. The molecule has 2 aromatic rings. The van der Waals surface area contributed by atoms with Gasteiger partial charge < -0.3 is 10.1 Å². The van der Waals surface area contributed by atoms with Crippen LogP contribution in [-0.2, 0) is 24.4 Å². The summed E-state index contributed by atoms with van der Waals surface area (Å²) in [6.45, 7) is 8.69. The maximum atomic E-state index is 16.8. The predicted molar refractivity (Wildman–Crippen MR) is 128 cm³/mol. The Balaban J connectivity index is 2.63. The van der Waals surface area contributed by atoms with Crippen LogP contribution in [0, 0.1) is 5.92 Å². The van der Waals surface area contributed by atoms with E-state index in [4.69, 9.17) is 4.74 Å².